The third-order valence-electron chi connectivity index (χ3n) is 3.43. The maximum Gasteiger partial charge on any atom is 0.176 e. The summed E-state index contributed by atoms with van der Waals surface area (Å²) in [4.78, 5) is 8.97. The fourth-order valence-electron chi connectivity index (χ4n) is 2.28. The zero-order chi connectivity index (χ0) is 14.6. The molecule has 4 aromatic heterocycles. The molecule has 4 heterocycles. The molecule has 0 spiro atoms. The zero-order valence-corrected chi connectivity index (χ0v) is 12.9. The van der Waals surface area contributed by atoms with Crippen LogP contribution < -0.4 is 0 Å². The van der Waals surface area contributed by atoms with Gasteiger partial charge in [0.1, 0.15) is 12.4 Å². The number of hydrogen-bond donors (Lipinski definition) is 0. The van der Waals surface area contributed by atoms with Crippen LogP contribution in [0.1, 0.15) is 18.8 Å². The molecule has 1 atom stereocenters. The molecule has 0 aliphatic carbocycles. The summed E-state index contributed by atoms with van der Waals surface area (Å²) < 4.78 is 6.13. The molecule has 9 heteroatoms. The van der Waals surface area contributed by atoms with Crippen molar-refractivity contribution in [1.29, 1.82) is 0 Å². The maximum absolute atomic E-state index is 4.62. The Morgan fingerprint density at radius 1 is 1.19 bits per heavy atom. The van der Waals surface area contributed by atoms with Gasteiger partial charge in [-0.3, -0.25) is 9.36 Å². The van der Waals surface area contributed by atoms with Gasteiger partial charge in [0.25, 0.3) is 0 Å². The number of halogens is 1. The second-order valence-electron chi connectivity index (χ2n) is 4.80. The number of nitrogens with zero attached hydrogens (tertiary/aromatic N) is 8. The Labute approximate surface area is 127 Å². The van der Waals surface area contributed by atoms with Crippen molar-refractivity contribution < 1.29 is 0 Å². The molecule has 0 bridgehead atoms. The lowest BCUT2D eigenvalue weighted by molar-refractivity contribution is 0.536. The highest BCUT2D eigenvalue weighted by Gasteiger charge is 2.17. The summed E-state index contributed by atoms with van der Waals surface area (Å²) in [5, 5.41) is 13.9. The van der Waals surface area contributed by atoms with E-state index in [-0.39, 0.29) is 6.04 Å². The predicted octanol–water partition coefficient (Wildman–Crippen LogP) is 1.58. The van der Waals surface area contributed by atoms with Crippen molar-refractivity contribution in [2.45, 2.75) is 13.0 Å². The van der Waals surface area contributed by atoms with Crippen molar-refractivity contribution >= 4 is 32.6 Å². The van der Waals surface area contributed by atoms with E-state index in [4.69, 9.17) is 0 Å². The number of aromatic nitrogens is 8. The van der Waals surface area contributed by atoms with Gasteiger partial charge in [-0.05, 0) is 22.9 Å². The molecule has 4 rings (SSSR count). The molecule has 0 fully saturated rings. The Hall–Kier alpha value is -2.29. The van der Waals surface area contributed by atoms with Crippen molar-refractivity contribution in [3.63, 3.8) is 0 Å². The van der Waals surface area contributed by atoms with Crippen LogP contribution in [-0.4, -0.2) is 39.1 Å². The van der Waals surface area contributed by atoms with E-state index >= 15 is 0 Å². The van der Waals surface area contributed by atoms with Crippen LogP contribution in [0.3, 0.4) is 0 Å². The van der Waals surface area contributed by atoms with E-state index < -0.39 is 0 Å². The molecule has 0 N–H and O–H groups in total. The Balaban J connectivity index is 1.88. The summed E-state index contributed by atoms with van der Waals surface area (Å²) in [6, 6.07) is -0.0667. The maximum atomic E-state index is 4.62. The lowest BCUT2D eigenvalue weighted by Gasteiger charge is -2.06. The predicted molar refractivity (Wildman–Crippen MR) is 78.8 cm³/mol. The second-order valence-corrected chi connectivity index (χ2v) is 5.72. The largest absolute Gasteiger partial charge is 0.261 e. The average Bonchev–Trinajstić information content (AvgIpc) is 3.16. The van der Waals surface area contributed by atoms with Crippen LogP contribution in [0, 0.1) is 0 Å². The highest BCUT2D eigenvalue weighted by Crippen LogP contribution is 2.20. The molecular formula is C12H11BrN8. The minimum atomic E-state index is -0.0667. The van der Waals surface area contributed by atoms with Crippen molar-refractivity contribution in [1.82, 2.24) is 39.1 Å². The Morgan fingerprint density at radius 3 is 2.81 bits per heavy atom. The van der Waals surface area contributed by atoms with Gasteiger partial charge in [-0.1, -0.05) is 0 Å². The van der Waals surface area contributed by atoms with Crippen LogP contribution in [0.25, 0.3) is 16.7 Å². The standard InChI is InChI=1S/C12H11BrN8/c1-7(20-5-8(13)3-16-20)10-17-12-9-4-15-19(2)11(9)14-6-21(12)18-10/h3-7H,1-2H3/t7-/m1/s1. The Morgan fingerprint density at radius 2 is 2.05 bits per heavy atom. The van der Waals surface area contributed by atoms with Gasteiger partial charge in [-0.15, -0.1) is 5.10 Å². The first-order valence-corrected chi connectivity index (χ1v) is 7.15. The quantitative estimate of drug-likeness (QED) is 0.550. The monoisotopic (exact) mass is 346 g/mol. The first kappa shape index (κ1) is 12.5. The second kappa shape index (κ2) is 4.35. The zero-order valence-electron chi connectivity index (χ0n) is 11.3. The smallest absolute Gasteiger partial charge is 0.176 e. The highest BCUT2D eigenvalue weighted by molar-refractivity contribution is 9.10. The van der Waals surface area contributed by atoms with E-state index in [1.165, 1.54) is 0 Å². The van der Waals surface area contributed by atoms with E-state index in [2.05, 4.69) is 41.2 Å². The summed E-state index contributed by atoms with van der Waals surface area (Å²) in [5.41, 5.74) is 1.54. The Kier molecular flexibility index (Phi) is 2.58. The molecule has 4 aromatic rings. The third-order valence-corrected chi connectivity index (χ3v) is 3.84. The minimum Gasteiger partial charge on any atom is -0.261 e. The number of fused-ring (bicyclic) bond motifs is 3. The van der Waals surface area contributed by atoms with Crippen LogP contribution in [0.5, 0.6) is 0 Å². The number of hydrogen-bond acceptors (Lipinski definition) is 5. The molecular weight excluding hydrogens is 336 g/mol. The molecule has 21 heavy (non-hydrogen) atoms. The normalized spacial score (nSPS) is 13.3. The Bertz CT molecular complexity index is 949. The van der Waals surface area contributed by atoms with E-state index in [0.717, 1.165) is 21.2 Å². The van der Waals surface area contributed by atoms with Gasteiger partial charge in [0.2, 0.25) is 0 Å². The molecule has 106 valence electrons. The van der Waals surface area contributed by atoms with Crippen LogP contribution in [-0.2, 0) is 7.05 Å². The molecule has 0 saturated carbocycles. The fourth-order valence-corrected chi connectivity index (χ4v) is 2.58. The summed E-state index contributed by atoms with van der Waals surface area (Å²) in [7, 11) is 1.85. The highest BCUT2D eigenvalue weighted by atomic mass is 79.9. The van der Waals surface area contributed by atoms with E-state index in [1.54, 1.807) is 27.9 Å². The van der Waals surface area contributed by atoms with E-state index in [1.807, 2.05) is 24.9 Å². The molecule has 0 amide bonds. The van der Waals surface area contributed by atoms with Crippen LogP contribution in [0.15, 0.2) is 29.4 Å². The topological polar surface area (TPSA) is 78.7 Å². The van der Waals surface area contributed by atoms with Gasteiger partial charge in [-0.25, -0.2) is 14.5 Å². The van der Waals surface area contributed by atoms with Gasteiger partial charge >= 0.3 is 0 Å². The van der Waals surface area contributed by atoms with Gasteiger partial charge in [0.15, 0.2) is 17.1 Å². The van der Waals surface area contributed by atoms with Crippen molar-refractivity contribution in [2.75, 3.05) is 0 Å². The molecule has 0 aliphatic heterocycles. The summed E-state index contributed by atoms with van der Waals surface area (Å²) in [5.74, 6) is 0.684. The SMILES string of the molecule is C[C@H](c1nc2c3cnn(C)c3ncn2n1)n1cc(Br)cn1. The van der Waals surface area contributed by atoms with Gasteiger partial charge in [0.05, 0.1) is 22.3 Å². The van der Waals surface area contributed by atoms with Gasteiger partial charge in [-0.2, -0.15) is 10.2 Å². The van der Waals surface area contributed by atoms with Gasteiger partial charge in [0, 0.05) is 13.2 Å². The summed E-state index contributed by atoms with van der Waals surface area (Å²) in [6.45, 7) is 2.00. The first-order chi connectivity index (χ1) is 10.1. The first-order valence-electron chi connectivity index (χ1n) is 6.36. The van der Waals surface area contributed by atoms with Crippen LogP contribution in [0.2, 0.25) is 0 Å². The number of rotatable bonds is 2. The summed E-state index contributed by atoms with van der Waals surface area (Å²) in [6.07, 6.45) is 7.05. The molecule has 0 radical (unpaired) electrons. The number of aryl methyl sites for hydroxylation is 1. The van der Waals surface area contributed by atoms with Crippen LogP contribution >= 0.6 is 15.9 Å². The molecule has 0 saturated heterocycles. The van der Waals surface area contributed by atoms with Gasteiger partial charge < -0.3 is 0 Å². The van der Waals surface area contributed by atoms with Crippen molar-refractivity contribution in [3.05, 3.63) is 35.2 Å². The summed E-state index contributed by atoms with van der Waals surface area (Å²) >= 11 is 3.39. The molecule has 0 unspecified atom stereocenters. The van der Waals surface area contributed by atoms with Crippen molar-refractivity contribution in [2.24, 2.45) is 7.05 Å². The molecule has 8 nitrogen and oxygen atoms in total. The minimum absolute atomic E-state index is 0.0667. The molecule has 0 aromatic carbocycles. The lowest BCUT2D eigenvalue weighted by Crippen LogP contribution is -2.09. The van der Waals surface area contributed by atoms with Crippen molar-refractivity contribution in [3.8, 4) is 0 Å². The van der Waals surface area contributed by atoms with Crippen LogP contribution in [0.4, 0.5) is 0 Å². The van der Waals surface area contributed by atoms with E-state index in [0.29, 0.717) is 5.82 Å². The van der Waals surface area contributed by atoms with E-state index in [9.17, 15) is 0 Å². The third kappa shape index (κ3) is 1.84. The molecule has 0 aliphatic rings. The fraction of sp³-hybridized carbons (Fsp3) is 0.250. The lowest BCUT2D eigenvalue weighted by atomic mass is 10.3. The average molecular weight is 347 g/mol.